The number of hydrogen-bond donors (Lipinski definition) is 1. The van der Waals surface area contributed by atoms with E-state index < -0.39 is 5.76 Å². The van der Waals surface area contributed by atoms with E-state index in [1.807, 2.05) is 24.3 Å². The van der Waals surface area contributed by atoms with Gasteiger partial charge in [-0.25, -0.2) is 9.36 Å². The van der Waals surface area contributed by atoms with Gasteiger partial charge in [0.15, 0.2) is 0 Å². The molecule has 7 heteroatoms. The molecule has 0 spiro atoms. The predicted octanol–water partition coefficient (Wildman–Crippen LogP) is 2.83. The van der Waals surface area contributed by atoms with Gasteiger partial charge in [0.25, 0.3) is 0 Å². The number of pyridine rings is 1. The van der Waals surface area contributed by atoms with Gasteiger partial charge in [-0.3, -0.25) is 14.3 Å². The number of para-hydroxylation sites is 1. The van der Waals surface area contributed by atoms with Gasteiger partial charge in [-0.15, -0.1) is 0 Å². The SMILES string of the molecule is CC(C)(C)c1ccccc1NC(=O)Cn1c(-c2ccccn2)noc1=O. The highest BCUT2D eigenvalue weighted by Gasteiger charge is 2.20. The van der Waals surface area contributed by atoms with Crippen LogP contribution in [-0.2, 0) is 16.8 Å². The maximum absolute atomic E-state index is 12.5. The maximum Gasteiger partial charge on any atom is 0.442 e. The average molecular weight is 352 g/mol. The predicted molar refractivity (Wildman–Crippen MR) is 97.8 cm³/mol. The fourth-order valence-electron chi connectivity index (χ4n) is 2.67. The van der Waals surface area contributed by atoms with Gasteiger partial charge in [0.1, 0.15) is 12.2 Å². The van der Waals surface area contributed by atoms with Crippen molar-refractivity contribution in [3.8, 4) is 11.5 Å². The van der Waals surface area contributed by atoms with E-state index in [0.29, 0.717) is 11.4 Å². The third kappa shape index (κ3) is 3.72. The van der Waals surface area contributed by atoms with Crippen LogP contribution in [0.4, 0.5) is 5.69 Å². The van der Waals surface area contributed by atoms with Gasteiger partial charge in [0.05, 0.1) is 0 Å². The first-order valence-corrected chi connectivity index (χ1v) is 8.23. The number of benzene rings is 1. The Balaban J connectivity index is 1.85. The van der Waals surface area contributed by atoms with E-state index in [4.69, 9.17) is 4.52 Å². The molecule has 0 atom stereocenters. The lowest BCUT2D eigenvalue weighted by Crippen LogP contribution is -2.27. The molecule has 0 saturated carbocycles. The number of nitrogens with zero attached hydrogens (tertiary/aromatic N) is 3. The van der Waals surface area contributed by atoms with Crippen LogP contribution in [0, 0.1) is 0 Å². The smallest absolute Gasteiger partial charge is 0.324 e. The molecule has 3 aromatic rings. The second-order valence-corrected chi connectivity index (χ2v) is 6.92. The number of rotatable bonds is 4. The van der Waals surface area contributed by atoms with Crippen molar-refractivity contribution in [2.24, 2.45) is 0 Å². The molecule has 0 radical (unpaired) electrons. The summed E-state index contributed by atoms with van der Waals surface area (Å²) < 4.78 is 5.88. The molecule has 0 aliphatic heterocycles. The molecule has 0 fully saturated rings. The first kappa shape index (κ1) is 17.6. The van der Waals surface area contributed by atoms with Gasteiger partial charge in [0.2, 0.25) is 11.7 Å². The molecule has 0 aliphatic rings. The highest BCUT2D eigenvalue weighted by molar-refractivity contribution is 5.91. The quantitative estimate of drug-likeness (QED) is 0.780. The van der Waals surface area contributed by atoms with Crippen molar-refractivity contribution in [1.29, 1.82) is 0 Å². The molecule has 0 bridgehead atoms. The topological polar surface area (TPSA) is 90.0 Å². The minimum absolute atomic E-state index is 0.128. The molecular weight excluding hydrogens is 332 g/mol. The van der Waals surface area contributed by atoms with Gasteiger partial charge in [0, 0.05) is 11.9 Å². The Morgan fingerprint density at radius 1 is 1.15 bits per heavy atom. The van der Waals surface area contributed by atoms with Crippen LogP contribution < -0.4 is 11.1 Å². The Morgan fingerprint density at radius 2 is 1.88 bits per heavy atom. The number of hydrogen-bond acceptors (Lipinski definition) is 5. The number of amides is 1. The Kier molecular flexibility index (Phi) is 4.71. The van der Waals surface area contributed by atoms with Gasteiger partial charge in [-0.1, -0.05) is 50.2 Å². The molecular formula is C19H20N4O3. The van der Waals surface area contributed by atoms with E-state index in [9.17, 15) is 9.59 Å². The minimum Gasteiger partial charge on any atom is -0.324 e. The second-order valence-electron chi connectivity index (χ2n) is 6.92. The van der Waals surface area contributed by atoms with Gasteiger partial charge in [-0.2, -0.15) is 0 Å². The maximum atomic E-state index is 12.5. The van der Waals surface area contributed by atoms with Crippen LogP contribution in [-0.4, -0.2) is 20.6 Å². The summed E-state index contributed by atoms with van der Waals surface area (Å²) in [5.74, 6) is -0.830. The lowest BCUT2D eigenvalue weighted by Gasteiger charge is -2.23. The summed E-state index contributed by atoms with van der Waals surface area (Å²) in [6.45, 7) is 6.00. The normalized spacial score (nSPS) is 11.3. The third-order valence-corrected chi connectivity index (χ3v) is 3.89. The molecule has 26 heavy (non-hydrogen) atoms. The summed E-state index contributed by atoms with van der Waals surface area (Å²) in [5.41, 5.74) is 2.06. The Bertz CT molecular complexity index is 968. The Morgan fingerprint density at radius 3 is 2.58 bits per heavy atom. The molecule has 3 rings (SSSR count). The first-order chi connectivity index (χ1) is 12.4. The molecule has 1 amide bonds. The molecule has 0 saturated heterocycles. The van der Waals surface area contributed by atoms with E-state index in [0.717, 1.165) is 10.1 Å². The summed E-state index contributed by atoms with van der Waals surface area (Å²) in [4.78, 5) is 28.6. The molecule has 0 unspecified atom stereocenters. The third-order valence-electron chi connectivity index (χ3n) is 3.89. The fraction of sp³-hybridized carbons (Fsp3) is 0.263. The molecule has 1 aromatic carbocycles. The minimum atomic E-state index is -0.704. The van der Waals surface area contributed by atoms with Gasteiger partial charge < -0.3 is 5.32 Å². The Hall–Kier alpha value is -3.22. The number of carbonyl (C=O) groups excluding carboxylic acids is 1. The van der Waals surface area contributed by atoms with Crippen molar-refractivity contribution in [1.82, 2.24) is 14.7 Å². The summed E-state index contributed by atoms with van der Waals surface area (Å²) >= 11 is 0. The van der Waals surface area contributed by atoms with Crippen LogP contribution in [0.15, 0.2) is 58.0 Å². The molecule has 134 valence electrons. The van der Waals surface area contributed by atoms with Gasteiger partial charge in [-0.05, 0) is 29.2 Å². The number of anilines is 1. The monoisotopic (exact) mass is 352 g/mol. The van der Waals surface area contributed by atoms with Crippen LogP contribution in [0.5, 0.6) is 0 Å². The lowest BCUT2D eigenvalue weighted by atomic mass is 9.86. The van der Waals surface area contributed by atoms with Crippen molar-refractivity contribution in [3.63, 3.8) is 0 Å². The molecule has 1 N–H and O–H groups in total. The van der Waals surface area contributed by atoms with Crippen molar-refractivity contribution >= 4 is 11.6 Å². The molecule has 7 nitrogen and oxygen atoms in total. The summed E-state index contributed by atoms with van der Waals surface area (Å²) in [7, 11) is 0. The highest BCUT2D eigenvalue weighted by Crippen LogP contribution is 2.29. The summed E-state index contributed by atoms with van der Waals surface area (Å²) in [6, 6.07) is 12.8. The van der Waals surface area contributed by atoms with E-state index >= 15 is 0 Å². The zero-order valence-electron chi connectivity index (χ0n) is 14.9. The molecule has 2 aromatic heterocycles. The number of aromatic nitrogens is 3. The van der Waals surface area contributed by atoms with Crippen LogP contribution >= 0.6 is 0 Å². The van der Waals surface area contributed by atoms with E-state index in [1.54, 1.807) is 24.4 Å². The van der Waals surface area contributed by atoms with E-state index in [-0.39, 0.29) is 23.7 Å². The number of nitrogens with one attached hydrogen (secondary N) is 1. The average Bonchev–Trinajstić information content (AvgIpc) is 2.96. The first-order valence-electron chi connectivity index (χ1n) is 8.23. The van der Waals surface area contributed by atoms with Crippen LogP contribution in [0.3, 0.4) is 0 Å². The summed E-state index contributed by atoms with van der Waals surface area (Å²) in [5, 5.41) is 6.61. The largest absolute Gasteiger partial charge is 0.442 e. The molecule has 0 aliphatic carbocycles. The van der Waals surface area contributed by atoms with E-state index in [1.165, 1.54) is 0 Å². The van der Waals surface area contributed by atoms with Crippen molar-refractivity contribution in [2.75, 3.05) is 5.32 Å². The van der Waals surface area contributed by atoms with Crippen LogP contribution in [0.1, 0.15) is 26.3 Å². The standard InChI is InChI=1S/C19H20N4O3/c1-19(2,3)13-8-4-5-9-14(13)21-16(24)12-23-17(22-26-18(23)25)15-10-6-7-11-20-15/h4-11H,12H2,1-3H3,(H,21,24). The molecule has 2 heterocycles. The van der Waals surface area contributed by atoms with Crippen LogP contribution in [0.2, 0.25) is 0 Å². The summed E-state index contributed by atoms with van der Waals surface area (Å²) in [6.07, 6.45) is 1.58. The zero-order chi connectivity index (χ0) is 18.7. The van der Waals surface area contributed by atoms with Gasteiger partial charge >= 0.3 is 5.76 Å². The second kappa shape index (κ2) is 6.95. The zero-order valence-corrected chi connectivity index (χ0v) is 14.9. The lowest BCUT2D eigenvalue weighted by molar-refractivity contribution is -0.116. The fourth-order valence-corrected chi connectivity index (χ4v) is 2.67. The van der Waals surface area contributed by atoms with Crippen molar-refractivity contribution in [3.05, 3.63) is 64.8 Å². The highest BCUT2D eigenvalue weighted by atomic mass is 16.5. The van der Waals surface area contributed by atoms with Crippen molar-refractivity contribution < 1.29 is 9.32 Å². The Labute approximate surface area is 150 Å². The van der Waals surface area contributed by atoms with Crippen molar-refractivity contribution in [2.45, 2.75) is 32.7 Å². The number of carbonyl (C=O) groups is 1. The van der Waals surface area contributed by atoms with E-state index in [2.05, 4.69) is 36.2 Å². The van der Waals surface area contributed by atoms with Crippen LogP contribution in [0.25, 0.3) is 11.5 Å².